The van der Waals surface area contributed by atoms with Crippen LogP contribution in [0.2, 0.25) is 0 Å². The Morgan fingerprint density at radius 2 is 2.00 bits per heavy atom. The third-order valence-electron chi connectivity index (χ3n) is 4.49. The van der Waals surface area contributed by atoms with Crippen LogP contribution in [0.4, 0.5) is 4.79 Å². The van der Waals surface area contributed by atoms with Gasteiger partial charge in [0.05, 0.1) is 25.7 Å². The summed E-state index contributed by atoms with van der Waals surface area (Å²) in [7, 11) is 0. The van der Waals surface area contributed by atoms with Gasteiger partial charge >= 0.3 is 12.0 Å². The van der Waals surface area contributed by atoms with Crippen LogP contribution >= 0.6 is 0 Å². The van der Waals surface area contributed by atoms with Gasteiger partial charge in [-0.25, -0.2) is 4.79 Å². The fourth-order valence-corrected chi connectivity index (χ4v) is 3.07. The maximum absolute atomic E-state index is 12.7. The first-order valence-corrected chi connectivity index (χ1v) is 7.74. The molecule has 2 rings (SSSR count). The number of amides is 2. The van der Waals surface area contributed by atoms with Crippen molar-refractivity contribution in [3.8, 4) is 0 Å². The Balaban J connectivity index is 2.01. The van der Waals surface area contributed by atoms with Gasteiger partial charge in [-0.15, -0.1) is 0 Å². The minimum atomic E-state index is -0.889. The van der Waals surface area contributed by atoms with Crippen LogP contribution in [0.1, 0.15) is 39.5 Å². The molecule has 0 aromatic carbocycles. The highest BCUT2D eigenvalue weighted by atomic mass is 16.5. The number of carbonyl (C=O) groups is 2. The number of morpholine rings is 1. The molecule has 2 aliphatic rings. The van der Waals surface area contributed by atoms with E-state index in [1.165, 1.54) is 0 Å². The van der Waals surface area contributed by atoms with Crippen molar-refractivity contribution in [3.05, 3.63) is 0 Å². The fourth-order valence-electron chi connectivity index (χ4n) is 3.07. The van der Waals surface area contributed by atoms with E-state index in [4.69, 9.17) is 9.84 Å². The van der Waals surface area contributed by atoms with Crippen LogP contribution in [0.3, 0.4) is 0 Å². The van der Waals surface area contributed by atoms with Crippen LogP contribution in [0.15, 0.2) is 0 Å². The van der Waals surface area contributed by atoms with Gasteiger partial charge in [-0.3, -0.25) is 4.79 Å². The maximum Gasteiger partial charge on any atom is 0.320 e. The summed E-state index contributed by atoms with van der Waals surface area (Å²) in [4.78, 5) is 27.2. The minimum Gasteiger partial charge on any atom is -0.481 e. The number of aliphatic carboxylic acids is 1. The number of likely N-dealkylation sites (tertiary alicyclic amines) is 1. The average Bonchev–Trinajstić information content (AvgIpc) is 2.59. The zero-order valence-corrected chi connectivity index (χ0v) is 13.0. The molecule has 2 aliphatic heterocycles. The van der Waals surface area contributed by atoms with Crippen molar-refractivity contribution in [2.75, 3.05) is 32.8 Å². The molecule has 1 atom stereocenters. The number of nitrogens with zero attached hydrogens (tertiary/aromatic N) is 2. The number of carboxylic acid groups (broad SMARTS) is 1. The molecule has 0 bridgehead atoms. The Morgan fingerprint density at radius 3 is 2.71 bits per heavy atom. The van der Waals surface area contributed by atoms with Gasteiger partial charge in [-0.05, 0) is 24.7 Å². The largest absolute Gasteiger partial charge is 0.481 e. The molecule has 0 saturated carbocycles. The summed E-state index contributed by atoms with van der Waals surface area (Å²) in [6.07, 6.45) is 3.07. The SMILES string of the molecule is CC1(C)CCCN(C(=O)N2CCOCC2CC(=O)O)CC1. The van der Waals surface area contributed by atoms with E-state index in [1.54, 1.807) is 4.90 Å². The molecule has 6 nitrogen and oxygen atoms in total. The number of hydrogen-bond acceptors (Lipinski definition) is 3. The second kappa shape index (κ2) is 6.64. The van der Waals surface area contributed by atoms with Crippen LogP contribution < -0.4 is 0 Å². The van der Waals surface area contributed by atoms with E-state index in [2.05, 4.69) is 13.8 Å². The van der Waals surface area contributed by atoms with Gasteiger partial charge in [0.2, 0.25) is 0 Å². The van der Waals surface area contributed by atoms with Crippen LogP contribution in [0.5, 0.6) is 0 Å². The molecular weight excluding hydrogens is 272 g/mol. The molecule has 120 valence electrons. The third kappa shape index (κ3) is 4.33. The Hall–Kier alpha value is -1.30. The molecule has 2 heterocycles. The molecular formula is C15H26N2O4. The summed E-state index contributed by atoms with van der Waals surface area (Å²) in [5.41, 5.74) is 0.278. The van der Waals surface area contributed by atoms with Gasteiger partial charge < -0.3 is 19.6 Å². The van der Waals surface area contributed by atoms with Gasteiger partial charge in [0.15, 0.2) is 0 Å². The predicted molar refractivity (Wildman–Crippen MR) is 78.2 cm³/mol. The molecule has 2 fully saturated rings. The summed E-state index contributed by atoms with van der Waals surface area (Å²) in [5, 5.41) is 8.98. The van der Waals surface area contributed by atoms with Crippen LogP contribution in [-0.4, -0.2) is 65.8 Å². The molecule has 0 aliphatic carbocycles. The minimum absolute atomic E-state index is 0.0257. The molecule has 2 saturated heterocycles. The summed E-state index contributed by atoms with van der Waals surface area (Å²) in [6, 6.07) is -0.373. The maximum atomic E-state index is 12.7. The van der Waals surface area contributed by atoms with E-state index in [1.807, 2.05) is 4.90 Å². The quantitative estimate of drug-likeness (QED) is 0.844. The normalized spacial score (nSPS) is 26.3. The summed E-state index contributed by atoms with van der Waals surface area (Å²) < 4.78 is 5.33. The van der Waals surface area contributed by atoms with E-state index < -0.39 is 5.97 Å². The van der Waals surface area contributed by atoms with Crippen LogP contribution in [0.25, 0.3) is 0 Å². The monoisotopic (exact) mass is 298 g/mol. The van der Waals surface area contributed by atoms with Gasteiger partial charge in [-0.1, -0.05) is 13.8 Å². The van der Waals surface area contributed by atoms with E-state index >= 15 is 0 Å². The van der Waals surface area contributed by atoms with Crippen molar-refractivity contribution in [1.82, 2.24) is 9.80 Å². The zero-order valence-electron chi connectivity index (χ0n) is 13.0. The average molecular weight is 298 g/mol. The smallest absolute Gasteiger partial charge is 0.320 e. The Kier molecular flexibility index (Phi) is 5.08. The molecule has 2 amide bonds. The number of hydrogen-bond donors (Lipinski definition) is 1. The number of carboxylic acids is 1. The summed E-state index contributed by atoms with van der Waals surface area (Å²) in [6.45, 7) is 7.28. The highest BCUT2D eigenvalue weighted by Gasteiger charge is 2.33. The predicted octanol–water partition coefficient (Wildman–Crippen LogP) is 1.79. The first-order valence-electron chi connectivity index (χ1n) is 7.74. The Bertz CT molecular complexity index is 397. The highest BCUT2D eigenvalue weighted by Crippen LogP contribution is 2.30. The highest BCUT2D eigenvalue weighted by molar-refractivity contribution is 5.76. The topological polar surface area (TPSA) is 70.1 Å². The van der Waals surface area contributed by atoms with Gasteiger partial charge in [0.1, 0.15) is 0 Å². The van der Waals surface area contributed by atoms with Crippen LogP contribution in [-0.2, 0) is 9.53 Å². The van der Waals surface area contributed by atoms with Crippen molar-refractivity contribution in [2.24, 2.45) is 5.41 Å². The summed E-state index contributed by atoms with van der Waals surface area (Å²) in [5.74, 6) is -0.889. The number of carbonyl (C=O) groups excluding carboxylic acids is 1. The number of rotatable bonds is 2. The Labute approximate surface area is 126 Å². The van der Waals surface area contributed by atoms with Crippen molar-refractivity contribution < 1.29 is 19.4 Å². The lowest BCUT2D eigenvalue weighted by molar-refractivity contribution is -0.139. The molecule has 21 heavy (non-hydrogen) atoms. The van der Waals surface area contributed by atoms with E-state index in [9.17, 15) is 9.59 Å². The lowest BCUT2D eigenvalue weighted by atomic mass is 9.85. The Morgan fingerprint density at radius 1 is 1.24 bits per heavy atom. The standard InChI is InChI=1S/C15H26N2O4/c1-15(2)4-3-6-16(7-5-15)14(20)17-8-9-21-11-12(17)10-13(18)19/h12H,3-11H2,1-2H3,(H,18,19). The molecule has 1 N–H and O–H groups in total. The zero-order chi connectivity index (χ0) is 15.5. The van der Waals surface area contributed by atoms with Gasteiger partial charge in [-0.2, -0.15) is 0 Å². The first kappa shape index (κ1) is 16.1. The number of urea groups is 1. The lowest BCUT2D eigenvalue weighted by Crippen LogP contribution is -2.54. The van der Waals surface area contributed by atoms with E-state index in [0.29, 0.717) is 19.8 Å². The van der Waals surface area contributed by atoms with Crippen molar-refractivity contribution in [3.63, 3.8) is 0 Å². The molecule has 0 radical (unpaired) electrons. The first-order chi connectivity index (χ1) is 9.89. The van der Waals surface area contributed by atoms with E-state index in [0.717, 1.165) is 32.4 Å². The van der Waals surface area contributed by atoms with Crippen molar-refractivity contribution in [2.45, 2.75) is 45.6 Å². The van der Waals surface area contributed by atoms with E-state index in [-0.39, 0.29) is 23.9 Å². The molecule has 0 aromatic rings. The van der Waals surface area contributed by atoms with Gasteiger partial charge in [0, 0.05) is 19.6 Å². The second-order valence-electron chi connectivity index (χ2n) is 6.81. The molecule has 1 unspecified atom stereocenters. The fraction of sp³-hybridized carbons (Fsp3) is 0.867. The van der Waals surface area contributed by atoms with Crippen molar-refractivity contribution >= 4 is 12.0 Å². The summed E-state index contributed by atoms with van der Waals surface area (Å²) >= 11 is 0. The molecule has 0 spiro atoms. The third-order valence-corrected chi connectivity index (χ3v) is 4.49. The van der Waals surface area contributed by atoms with Crippen molar-refractivity contribution in [1.29, 1.82) is 0 Å². The van der Waals surface area contributed by atoms with Gasteiger partial charge in [0.25, 0.3) is 0 Å². The lowest BCUT2D eigenvalue weighted by Gasteiger charge is -2.38. The second-order valence-corrected chi connectivity index (χ2v) is 6.81. The molecule has 6 heteroatoms. The number of ether oxygens (including phenoxy) is 1. The molecule has 0 aromatic heterocycles. The van der Waals surface area contributed by atoms with Crippen LogP contribution in [0, 0.1) is 5.41 Å².